The van der Waals surface area contributed by atoms with E-state index in [2.05, 4.69) is 5.32 Å². The highest BCUT2D eigenvalue weighted by Crippen LogP contribution is 2.18. The molecule has 1 aromatic carbocycles. The molecular weight excluding hydrogens is 274 g/mol. The first-order chi connectivity index (χ1) is 9.39. The minimum atomic E-state index is -0.907. The molecule has 0 heterocycles. The lowest BCUT2D eigenvalue weighted by Gasteiger charge is -2.24. The molecule has 0 saturated heterocycles. The van der Waals surface area contributed by atoms with Crippen LogP contribution >= 0.6 is 11.8 Å². The predicted molar refractivity (Wildman–Crippen MR) is 80.9 cm³/mol. The molecule has 0 aliphatic carbocycles. The van der Waals surface area contributed by atoms with Crippen molar-refractivity contribution in [1.82, 2.24) is 5.32 Å². The Morgan fingerprint density at radius 2 is 1.90 bits per heavy atom. The van der Waals surface area contributed by atoms with Crippen LogP contribution < -0.4 is 5.32 Å². The van der Waals surface area contributed by atoms with Crippen molar-refractivity contribution < 1.29 is 14.7 Å². The SMILES string of the molecule is CC(C)(CC(=O)O)NC(=O)CCCSc1ccccc1. The van der Waals surface area contributed by atoms with Gasteiger partial charge in [0.05, 0.1) is 6.42 Å². The summed E-state index contributed by atoms with van der Waals surface area (Å²) in [6.45, 7) is 3.44. The first-order valence-corrected chi connectivity index (χ1v) is 7.58. The van der Waals surface area contributed by atoms with Crippen molar-refractivity contribution in [3.05, 3.63) is 30.3 Å². The lowest BCUT2D eigenvalue weighted by molar-refractivity contribution is -0.138. The Morgan fingerprint density at radius 3 is 2.50 bits per heavy atom. The van der Waals surface area contributed by atoms with Gasteiger partial charge in [-0.15, -0.1) is 11.8 Å². The van der Waals surface area contributed by atoms with Gasteiger partial charge in [0.1, 0.15) is 0 Å². The van der Waals surface area contributed by atoms with Gasteiger partial charge in [-0.2, -0.15) is 0 Å². The molecule has 0 bridgehead atoms. The molecule has 20 heavy (non-hydrogen) atoms. The van der Waals surface area contributed by atoms with Gasteiger partial charge in [-0.05, 0) is 38.2 Å². The van der Waals surface area contributed by atoms with Crippen molar-refractivity contribution in [2.24, 2.45) is 0 Å². The van der Waals surface area contributed by atoms with Gasteiger partial charge in [0.2, 0.25) is 5.91 Å². The summed E-state index contributed by atoms with van der Waals surface area (Å²) in [5.41, 5.74) is -0.699. The maximum absolute atomic E-state index is 11.7. The number of rotatable bonds is 8. The highest BCUT2D eigenvalue weighted by atomic mass is 32.2. The van der Waals surface area contributed by atoms with Crippen LogP contribution in [0.3, 0.4) is 0 Å². The zero-order chi connectivity index (χ0) is 15.0. The summed E-state index contributed by atoms with van der Waals surface area (Å²) in [5.74, 6) is -0.128. The molecule has 5 heteroatoms. The molecule has 110 valence electrons. The molecule has 2 N–H and O–H groups in total. The van der Waals surface area contributed by atoms with Crippen LogP contribution in [0.1, 0.15) is 33.1 Å². The summed E-state index contributed by atoms with van der Waals surface area (Å²) in [4.78, 5) is 23.6. The largest absolute Gasteiger partial charge is 0.481 e. The molecule has 0 fully saturated rings. The second-order valence-electron chi connectivity index (χ2n) is 5.27. The summed E-state index contributed by atoms with van der Waals surface area (Å²) in [6.07, 6.45) is 1.12. The molecule has 4 nitrogen and oxygen atoms in total. The van der Waals surface area contributed by atoms with Crippen molar-refractivity contribution >= 4 is 23.6 Å². The maximum Gasteiger partial charge on any atom is 0.305 e. The third-order valence-electron chi connectivity index (χ3n) is 2.63. The molecule has 0 saturated carbocycles. The smallest absolute Gasteiger partial charge is 0.305 e. The van der Waals surface area contributed by atoms with Crippen molar-refractivity contribution in [2.75, 3.05) is 5.75 Å². The molecule has 0 radical (unpaired) electrons. The average molecular weight is 295 g/mol. The lowest BCUT2D eigenvalue weighted by atomic mass is 10.0. The normalized spacial score (nSPS) is 11.1. The van der Waals surface area contributed by atoms with Gasteiger partial charge in [-0.1, -0.05) is 18.2 Å². The van der Waals surface area contributed by atoms with E-state index in [1.807, 2.05) is 30.3 Å². The molecule has 0 unspecified atom stereocenters. The van der Waals surface area contributed by atoms with Crippen LogP contribution in [0.25, 0.3) is 0 Å². The molecule has 1 amide bonds. The van der Waals surface area contributed by atoms with Gasteiger partial charge < -0.3 is 10.4 Å². The number of aliphatic carboxylic acids is 1. The number of benzene rings is 1. The van der Waals surface area contributed by atoms with E-state index >= 15 is 0 Å². The standard InChI is InChI=1S/C15H21NO3S/c1-15(2,11-14(18)19)16-13(17)9-6-10-20-12-7-4-3-5-8-12/h3-5,7-8H,6,9-11H2,1-2H3,(H,16,17)(H,18,19). The fraction of sp³-hybridized carbons (Fsp3) is 0.467. The Morgan fingerprint density at radius 1 is 1.25 bits per heavy atom. The number of hydrogen-bond acceptors (Lipinski definition) is 3. The fourth-order valence-electron chi connectivity index (χ4n) is 1.80. The summed E-state index contributed by atoms with van der Waals surface area (Å²) in [6, 6.07) is 10.0. The number of amides is 1. The van der Waals surface area contributed by atoms with Crippen molar-refractivity contribution in [3.8, 4) is 0 Å². The molecule has 1 rings (SSSR count). The molecule has 1 aromatic rings. The Labute approximate surface area is 124 Å². The zero-order valence-electron chi connectivity index (χ0n) is 11.9. The predicted octanol–water partition coefficient (Wildman–Crippen LogP) is 2.93. The fourth-order valence-corrected chi connectivity index (χ4v) is 2.68. The Balaban J connectivity index is 2.22. The van der Waals surface area contributed by atoms with E-state index in [0.717, 1.165) is 12.2 Å². The number of nitrogens with one attached hydrogen (secondary N) is 1. The van der Waals surface area contributed by atoms with Gasteiger partial charge in [-0.3, -0.25) is 9.59 Å². The number of carboxylic acid groups (broad SMARTS) is 1. The van der Waals surface area contributed by atoms with Crippen LogP contribution in [-0.2, 0) is 9.59 Å². The van der Waals surface area contributed by atoms with E-state index in [4.69, 9.17) is 5.11 Å². The number of carboxylic acids is 1. The first-order valence-electron chi connectivity index (χ1n) is 6.60. The third-order valence-corrected chi connectivity index (χ3v) is 3.73. The molecule has 0 aromatic heterocycles. The maximum atomic E-state index is 11.7. The van der Waals surface area contributed by atoms with Crippen LogP contribution in [0.2, 0.25) is 0 Å². The summed E-state index contributed by atoms with van der Waals surface area (Å²) in [7, 11) is 0. The second-order valence-corrected chi connectivity index (χ2v) is 6.44. The second kappa shape index (κ2) is 7.94. The summed E-state index contributed by atoms with van der Waals surface area (Å²) in [5, 5.41) is 11.5. The van der Waals surface area contributed by atoms with Crippen molar-refractivity contribution in [1.29, 1.82) is 0 Å². The molecule has 0 aliphatic heterocycles. The van der Waals surface area contributed by atoms with E-state index in [1.54, 1.807) is 25.6 Å². The van der Waals surface area contributed by atoms with Crippen LogP contribution in [-0.4, -0.2) is 28.3 Å². The quantitative estimate of drug-likeness (QED) is 0.571. The van der Waals surface area contributed by atoms with Gasteiger partial charge >= 0.3 is 5.97 Å². The van der Waals surface area contributed by atoms with Crippen LogP contribution in [0.5, 0.6) is 0 Å². The van der Waals surface area contributed by atoms with Gasteiger partial charge in [0, 0.05) is 16.9 Å². The monoisotopic (exact) mass is 295 g/mol. The van der Waals surface area contributed by atoms with Crippen molar-refractivity contribution in [3.63, 3.8) is 0 Å². The molecular formula is C15H21NO3S. The number of carbonyl (C=O) groups is 2. The minimum Gasteiger partial charge on any atom is -0.481 e. The first kappa shape index (κ1) is 16.6. The van der Waals surface area contributed by atoms with E-state index in [1.165, 1.54) is 4.90 Å². The number of carbonyl (C=O) groups excluding carboxylic acids is 1. The lowest BCUT2D eigenvalue weighted by Crippen LogP contribution is -2.44. The highest BCUT2D eigenvalue weighted by Gasteiger charge is 2.23. The van der Waals surface area contributed by atoms with E-state index in [-0.39, 0.29) is 12.3 Å². The Hall–Kier alpha value is -1.49. The van der Waals surface area contributed by atoms with Gasteiger partial charge in [0.15, 0.2) is 0 Å². The minimum absolute atomic E-state index is 0.0719. The molecule has 0 atom stereocenters. The summed E-state index contributed by atoms with van der Waals surface area (Å²) >= 11 is 1.72. The van der Waals surface area contributed by atoms with E-state index in [0.29, 0.717) is 6.42 Å². The number of hydrogen-bond donors (Lipinski definition) is 2. The Bertz CT molecular complexity index is 446. The highest BCUT2D eigenvalue weighted by molar-refractivity contribution is 7.99. The zero-order valence-corrected chi connectivity index (χ0v) is 12.7. The van der Waals surface area contributed by atoms with Crippen LogP contribution in [0, 0.1) is 0 Å². The Kier molecular flexibility index (Phi) is 6.58. The number of thioether (sulfide) groups is 1. The average Bonchev–Trinajstić information content (AvgIpc) is 2.33. The molecule has 0 aliphatic rings. The van der Waals surface area contributed by atoms with E-state index < -0.39 is 11.5 Å². The summed E-state index contributed by atoms with van der Waals surface area (Å²) < 4.78 is 0. The van der Waals surface area contributed by atoms with Crippen molar-refractivity contribution in [2.45, 2.75) is 43.5 Å². The van der Waals surface area contributed by atoms with Gasteiger partial charge in [0.25, 0.3) is 0 Å². The van der Waals surface area contributed by atoms with Gasteiger partial charge in [-0.25, -0.2) is 0 Å². The topological polar surface area (TPSA) is 66.4 Å². The van der Waals surface area contributed by atoms with Crippen LogP contribution in [0.4, 0.5) is 0 Å². The molecule has 0 spiro atoms. The third kappa shape index (κ3) is 7.19. The van der Waals surface area contributed by atoms with Crippen LogP contribution in [0.15, 0.2) is 35.2 Å². The van der Waals surface area contributed by atoms with E-state index in [9.17, 15) is 9.59 Å².